The van der Waals surface area contributed by atoms with E-state index >= 15 is 0 Å². The van der Waals surface area contributed by atoms with Gasteiger partial charge in [-0.25, -0.2) is 9.97 Å². The number of rotatable bonds is 4. The minimum Gasteiger partial charge on any atom is -0.354 e. The molecule has 1 aromatic heterocycles. The summed E-state index contributed by atoms with van der Waals surface area (Å²) in [5.74, 6) is 3.25. The highest BCUT2D eigenvalue weighted by Crippen LogP contribution is 2.19. The molecule has 0 spiro atoms. The largest absolute Gasteiger partial charge is 0.354 e. The maximum absolute atomic E-state index is 6.00. The molecule has 1 atom stereocenters. The van der Waals surface area contributed by atoms with Crippen molar-refractivity contribution in [2.45, 2.75) is 39.7 Å². The summed E-state index contributed by atoms with van der Waals surface area (Å²) >= 11 is 6.00. The number of anilines is 1. The van der Waals surface area contributed by atoms with E-state index in [4.69, 9.17) is 18.0 Å². The fourth-order valence-corrected chi connectivity index (χ4v) is 1.54. The maximum atomic E-state index is 6.00. The Bertz CT molecular complexity index is 409. The Balaban J connectivity index is 2.89. The molecule has 0 saturated carbocycles. The fourth-order valence-electron chi connectivity index (χ4n) is 1.32. The molecule has 0 aliphatic heterocycles. The zero-order valence-electron chi connectivity index (χ0n) is 9.84. The number of aromatic nitrogens is 2. The van der Waals surface area contributed by atoms with Gasteiger partial charge in [-0.1, -0.05) is 30.9 Å². The smallest absolute Gasteiger partial charge is 0.171 e. The summed E-state index contributed by atoms with van der Waals surface area (Å²) in [5.41, 5.74) is 1.70. The number of nitrogens with one attached hydrogen (secondary N) is 1. The Hall–Kier alpha value is -1.27. The number of halogens is 1. The first-order valence-electron chi connectivity index (χ1n) is 5.31. The summed E-state index contributed by atoms with van der Waals surface area (Å²) in [4.78, 5) is 8.53. The molecule has 0 aliphatic carbocycles. The summed E-state index contributed by atoms with van der Waals surface area (Å²) in [6.45, 7) is 5.86. The molecule has 4 heteroatoms. The monoisotopic (exact) mass is 237 g/mol. The second-order valence-corrected chi connectivity index (χ2v) is 4.04. The third kappa shape index (κ3) is 3.11. The third-order valence-electron chi connectivity index (χ3n) is 2.35. The average Bonchev–Trinajstić information content (AvgIpc) is 2.25. The van der Waals surface area contributed by atoms with Crippen molar-refractivity contribution >= 4 is 17.4 Å². The van der Waals surface area contributed by atoms with Gasteiger partial charge in [0, 0.05) is 0 Å². The van der Waals surface area contributed by atoms with Crippen molar-refractivity contribution in [1.82, 2.24) is 9.97 Å². The molecule has 1 heterocycles. The predicted molar refractivity (Wildman–Crippen MR) is 67.7 cm³/mol. The Kier molecular flexibility index (Phi) is 4.57. The van der Waals surface area contributed by atoms with Crippen molar-refractivity contribution in [2.24, 2.45) is 0 Å². The van der Waals surface area contributed by atoms with Gasteiger partial charge in [-0.2, -0.15) is 0 Å². The van der Waals surface area contributed by atoms with E-state index in [-0.39, 0.29) is 6.04 Å². The van der Waals surface area contributed by atoms with Gasteiger partial charge in [0.2, 0.25) is 0 Å². The van der Waals surface area contributed by atoms with E-state index in [1.165, 1.54) is 0 Å². The van der Waals surface area contributed by atoms with Crippen LogP contribution in [0.4, 0.5) is 5.82 Å². The molecule has 3 nitrogen and oxygen atoms in total. The average molecular weight is 238 g/mol. The highest BCUT2D eigenvalue weighted by molar-refractivity contribution is 6.31. The van der Waals surface area contributed by atoms with Gasteiger partial charge in [0.15, 0.2) is 11.0 Å². The molecule has 0 saturated heterocycles. The molecule has 0 bridgehead atoms. The van der Waals surface area contributed by atoms with Crippen LogP contribution in [0.1, 0.15) is 31.2 Å². The molecular weight excluding hydrogens is 222 g/mol. The second kappa shape index (κ2) is 5.72. The standard InChI is InChI=1S/C12H16ClN3/c1-5-7-10(6-2)16-12-11(13)14-8(3)9(4)15-12/h2,10H,5,7H2,1,3-4H3,(H,15,16). The van der Waals surface area contributed by atoms with Crippen LogP contribution in [0.2, 0.25) is 5.15 Å². The van der Waals surface area contributed by atoms with Crippen LogP contribution in [-0.4, -0.2) is 16.0 Å². The van der Waals surface area contributed by atoms with Gasteiger partial charge >= 0.3 is 0 Å². The van der Waals surface area contributed by atoms with Crippen LogP contribution >= 0.6 is 11.6 Å². The minimum atomic E-state index is -0.0427. The van der Waals surface area contributed by atoms with Crippen LogP contribution in [0.3, 0.4) is 0 Å². The summed E-state index contributed by atoms with van der Waals surface area (Å²) in [5, 5.41) is 3.50. The fraction of sp³-hybridized carbons (Fsp3) is 0.500. The van der Waals surface area contributed by atoms with Crippen molar-refractivity contribution in [3.05, 3.63) is 16.5 Å². The maximum Gasteiger partial charge on any atom is 0.171 e. The molecule has 1 unspecified atom stereocenters. The molecular formula is C12H16ClN3. The number of aryl methyl sites for hydroxylation is 2. The molecule has 0 aliphatic rings. The quantitative estimate of drug-likeness (QED) is 0.819. The summed E-state index contributed by atoms with van der Waals surface area (Å²) < 4.78 is 0. The summed E-state index contributed by atoms with van der Waals surface area (Å²) in [6.07, 6.45) is 7.32. The highest BCUT2D eigenvalue weighted by atomic mass is 35.5. The molecule has 16 heavy (non-hydrogen) atoms. The Morgan fingerprint density at radius 2 is 2.00 bits per heavy atom. The van der Waals surface area contributed by atoms with Gasteiger partial charge in [0.25, 0.3) is 0 Å². The lowest BCUT2D eigenvalue weighted by molar-refractivity contribution is 0.751. The minimum absolute atomic E-state index is 0.0427. The Morgan fingerprint density at radius 3 is 2.56 bits per heavy atom. The summed E-state index contributed by atoms with van der Waals surface area (Å²) in [7, 11) is 0. The van der Waals surface area contributed by atoms with E-state index in [9.17, 15) is 0 Å². The van der Waals surface area contributed by atoms with Crippen LogP contribution in [0, 0.1) is 26.2 Å². The molecule has 1 rings (SSSR count). The van der Waals surface area contributed by atoms with Gasteiger partial charge in [-0.15, -0.1) is 6.42 Å². The van der Waals surface area contributed by atoms with Crippen molar-refractivity contribution in [2.75, 3.05) is 5.32 Å². The van der Waals surface area contributed by atoms with Crippen molar-refractivity contribution in [3.8, 4) is 12.3 Å². The van der Waals surface area contributed by atoms with E-state index in [1.54, 1.807) is 0 Å². The molecule has 0 radical (unpaired) electrons. The normalized spacial score (nSPS) is 11.9. The number of hydrogen-bond donors (Lipinski definition) is 1. The van der Waals surface area contributed by atoms with Crippen molar-refractivity contribution in [1.29, 1.82) is 0 Å². The van der Waals surface area contributed by atoms with E-state index < -0.39 is 0 Å². The topological polar surface area (TPSA) is 37.8 Å². The van der Waals surface area contributed by atoms with Crippen molar-refractivity contribution in [3.63, 3.8) is 0 Å². The van der Waals surface area contributed by atoms with Crippen LogP contribution < -0.4 is 5.32 Å². The van der Waals surface area contributed by atoms with Crippen LogP contribution in [-0.2, 0) is 0 Å². The highest BCUT2D eigenvalue weighted by Gasteiger charge is 2.10. The van der Waals surface area contributed by atoms with Gasteiger partial charge in [-0.05, 0) is 20.3 Å². The number of terminal acetylenes is 1. The molecule has 0 aromatic carbocycles. The lowest BCUT2D eigenvalue weighted by atomic mass is 10.2. The molecule has 1 aromatic rings. The lowest BCUT2D eigenvalue weighted by Crippen LogP contribution is -2.18. The van der Waals surface area contributed by atoms with Gasteiger partial charge in [-0.3, -0.25) is 0 Å². The van der Waals surface area contributed by atoms with Gasteiger partial charge in [0.05, 0.1) is 17.4 Å². The molecule has 1 N–H and O–H groups in total. The van der Waals surface area contributed by atoms with Crippen LogP contribution in [0.25, 0.3) is 0 Å². The first kappa shape index (κ1) is 12.8. The van der Waals surface area contributed by atoms with Crippen LogP contribution in [0.15, 0.2) is 0 Å². The molecule has 86 valence electrons. The first-order valence-corrected chi connectivity index (χ1v) is 5.69. The van der Waals surface area contributed by atoms with E-state index in [0.717, 1.165) is 24.2 Å². The third-order valence-corrected chi connectivity index (χ3v) is 2.62. The van der Waals surface area contributed by atoms with E-state index in [0.29, 0.717) is 11.0 Å². The van der Waals surface area contributed by atoms with E-state index in [1.807, 2.05) is 13.8 Å². The van der Waals surface area contributed by atoms with Crippen LogP contribution in [0.5, 0.6) is 0 Å². The number of nitrogens with zero attached hydrogens (tertiary/aromatic N) is 2. The van der Waals surface area contributed by atoms with Gasteiger partial charge in [0.1, 0.15) is 0 Å². The summed E-state index contributed by atoms with van der Waals surface area (Å²) in [6, 6.07) is -0.0427. The second-order valence-electron chi connectivity index (χ2n) is 3.69. The SMILES string of the molecule is C#CC(CCC)Nc1nc(C)c(C)nc1Cl. The van der Waals surface area contributed by atoms with E-state index in [2.05, 4.69) is 28.1 Å². The Morgan fingerprint density at radius 1 is 1.38 bits per heavy atom. The Labute approximate surface area is 102 Å². The first-order chi connectivity index (χ1) is 7.58. The number of hydrogen-bond acceptors (Lipinski definition) is 3. The zero-order chi connectivity index (χ0) is 12.1. The lowest BCUT2D eigenvalue weighted by Gasteiger charge is -2.14. The van der Waals surface area contributed by atoms with Crippen molar-refractivity contribution < 1.29 is 0 Å². The molecule has 0 fully saturated rings. The van der Waals surface area contributed by atoms with Gasteiger partial charge < -0.3 is 5.32 Å². The zero-order valence-corrected chi connectivity index (χ0v) is 10.6. The predicted octanol–water partition coefficient (Wildman–Crippen LogP) is 2.96. The molecule has 0 amide bonds.